The number of amides is 1. The Morgan fingerprint density at radius 3 is 2.62 bits per heavy atom. The summed E-state index contributed by atoms with van der Waals surface area (Å²) in [5.74, 6) is -1.22. The fourth-order valence-electron chi connectivity index (χ4n) is 4.15. The summed E-state index contributed by atoms with van der Waals surface area (Å²) in [5.41, 5.74) is 2.20. The quantitative estimate of drug-likeness (QED) is 0.402. The Balaban J connectivity index is 1.36. The van der Waals surface area contributed by atoms with Gasteiger partial charge in [0.25, 0.3) is 0 Å². The number of aromatic amines is 2. The monoisotopic (exact) mass is 440 g/mol. The molecule has 0 spiro atoms. The molecular weight excluding hydrogens is 421 g/mol. The van der Waals surface area contributed by atoms with Crippen molar-refractivity contribution < 1.29 is 22.7 Å². The summed E-state index contributed by atoms with van der Waals surface area (Å²) in [7, 11) is 0. The maximum atomic E-state index is 14.4. The van der Waals surface area contributed by atoms with Crippen molar-refractivity contribution in [3.63, 3.8) is 0 Å². The van der Waals surface area contributed by atoms with Crippen LogP contribution in [0.15, 0.2) is 48.8 Å². The number of H-pyrrole nitrogens is 2. The van der Waals surface area contributed by atoms with Crippen LogP contribution in [0.4, 0.5) is 18.0 Å². The molecule has 6 nitrogen and oxygen atoms in total. The zero-order valence-corrected chi connectivity index (χ0v) is 16.8. The number of aromatic nitrogens is 3. The number of ether oxygens (including phenoxy) is 1. The van der Waals surface area contributed by atoms with Crippen LogP contribution in [0.3, 0.4) is 0 Å². The summed E-state index contributed by atoms with van der Waals surface area (Å²) in [6, 6.07) is 7.93. The molecule has 9 heteroatoms. The fourth-order valence-corrected chi connectivity index (χ4v) is 4.15. The zero-order valence-electron chi connectivity index (χ0n) is 16.8. The van der Waals surface area contributed by atoms with E-state index in [0.29, 0.717) is 35.3 Å². The second-order valence-corrected chi connectivity index (χ2v) is 7.82. The molecule has 32 heavy (non-hydrogen) atoms. The number of rotatable bonds is 5. The number of halogens is 3. The molecule has 4 aromatic rings. The molecule has 0 aliphatic heterocycles. The van der Waals surface area contributed by atoms with E-state index in [1.165, 1.54) is 18.2 Å². The third-order valence-corrected chi connectivity index (χ3v) is 5.73. The molecule has 1 amide bonds. The van der Waals surface area contributed by atoms with Crippen LogP contribution >= 0.6 is 0 Å². The van der Waals surface area contributed by atoms with E-state index in [1.807, 2.05) is 0 Å². The highest BCUT2D eigenvalue weighted by Crippen LogP contribution is 2.46. The second-order valence-electron chi connectivity index (χ2n) is 7.82. The number of carbonyl (C=O) groups is 1. The zero-order chi connectivity index (χ0) is 22.2. The molecule has 164 valence electrons. The number of imidazole rings is 1. The van der Waals surface area contributed by atoms with Gasteiger partial charge in [-0.25, -0.2) is 22.9 Å². The molecule has 5 rings (SSSR count). The molecule has 1 aliphatic rings. The second kappa shape index (κ2) is 8.07. The van der Waals surface area contributed by atoms with Gasteiger partial charge in [-0.3, -0.25) is 0 Å². The molecule has 0 bridgehead atoms. The van der Waals surface area contributed by atoms with Gasteiger partial charge in [0.2, 0.25) is 0 Å². The molecule has 0 saturated heterocycles. The van der Waals surface area contributed by atoms with Crippen molar-refractivity contribution >= 4 is 17.0 Å². The van der Waals surface area contributed by atoms with Gasteiger partial charge in [0.15, 0.2) is 0 Å². The average molecular weight is 440 g/mol. The molecule has 2 aromatic heterocycles. The Hall–Kier alpha value is -3.75. The molecule has 0 radical (unpaired) electrons. The lowest BCUT2D eigenvalue weighted by Gasteiger charge is -2.35. The van der Waals surface area contributed by atoms with Crippen molar-refractivity contribution in [1.82, 2.24) is 20.3 Å². The largest absolute Gasteiger partial charge is 0.446 e. The molecule has 1 aliphatic carbocycles. The number of benzene rings is 2. The summed E-state index contributed by atoms with van der Waals surface area (Å²) in [4.78, 5) is 22.0. The van der Waals surface area contributed by atoms with Crippen LogP contribution in [0.25, 0.3) is 22.2 Å². The van der Waals surface area contributed by atoms with Gasteiger partial charge < -0.3 is 20.0 Å². The third kappa shape index (κ3) is 3.81. The van der Waals surface area contributed by atoms with E-state index in [9.17, 15) is 18.0 Å². The number of nitrogens with zero attached hydrogens (tertiary/aromatic N) is 1. The van der Waals surface area contributed by atoms with E-state index >= 15 is 0 Å². The first kappa shape index (κ1) is 20.2. The van der Waals surface area contributed by atoms with Gasteiger partial charge in [0.05, 0.1) is 17.8 Å². The van der Waals surface area contributed by atoms with E-state index < -0.39 is 17.7 Å². The van der Waals surface area contributed by atoms with Crippen molar-refractivity contribution in [1.29, 1.82) is 0 Å². The van der Waals surface area contributed by atoms with E-state index in [2.05, 4.69) is 20.3 Å². The maximum Gasteiger partial charge on any atom is 0.407 e. The fraction of sp³-hybridized carbons (Fsp3) is 0.217. The normalized spacial score (nSPS) is 17.8. The van der Waals surface area contributed by atoms with Gasteiger partial charge >= 0.3 is 6.09 Å². The number of hydrogen-bond acceptors (Lipinski definition) is 3. The van der Waals surface area contributed by atoms with Crippen molar-refractivity contribution in [3.05, 3.63) is 77.6 Å². The van der Waals surface area contributed by atoms with Crippen molar-refractivity contribution in [2.45, 2.75) is 31.4 Å². The highest BCUT2D eigenvalue weighted by Gasteiger charge is 2.37. The Bertz CT molecular complexity index is 1260. The van der Waals surface area contributed by atoms with Gasteiger partial charge in [-0.2, -0.15) is 0 Å². The lowest BCUT2D eigenvalue weighted by atomic mass is 9.75. The van der Waals surface area contributed by atoms with Crippen molar-refractivity contribution in [2.75, 3.05) is 0 Å². The third-order valence-electron chi connectivity index (χ3n) is 5.73. The van der Waals surface area contributed by atoms with Crippen LogP contribution in [-0.2, 0) is 11.3 Å². The molecule has 0 atom stereocenters. The van der Waals surface area contributed by atoms with Crippen LogP contribution < -0.4 is 5.32 Å². The van der Waals surface area contributed by atoms with E-state index in [0.717, 1.165) is 11.6 Å². The summed E-state index contributed by atoms with van der Waals surface area (Å²) in [6.45, 7) is 0.220. The molecule has 0 unspecified atom stereocenters. The molecule has 1 saturated carbocycles. The number of hydrogen-bond donors (Lipinski definition) is 3. The molecular formula is C23H19F3N4O2. The summed E-state index contributed by atoms with van der Waals surface area (Å²) in [5, 5.41) is 3.06. The summed E-state index contributed by atoms with van der Waals surface area (Å²) < 4.78 is 47.3. The SMILES string of the molecule is O=C(NCc1ncc[nH]1)OC1CC(c2c(-c3ccc(F)cc3)[nH]c3c(F)cc(F)cc23)C1. The number of nitrogens with one attached hydrogen (secondary N) is 3. The molecule has 3 N–H and O–H groups in total. The minimum atomic E-state index is -0.695. The lowest BCUT2D eigenvalue weighted by molar-refractivity contribution is 0.0395. The maximum absolute atomic E-state index is 14.4. The Labute approximate surface area is 180 Å². The predicted molar refractivity (Wildman–Crippen MR) is 111 cm³/mol. The first-order valence-electron chi connectivity index (χ1n) is 10.2. The first-order valence-corrected chi connectivity index (χ1v) is 10.2. The highest BCUT2D eigenvalue weighted by atomic mass is 19.1. The predicted octanol–water partition coefficient (Wildman–Crippen LogP) is 5.15. The average Bonchev–Trinajstić information content (AvgIpc) is 3.38. The molecule has 2 aromatic carbocycles. The van der Waals surface area contributed by atoms with Gasteiger partial charge in [-0.1, -0.05) is 0 Å². The van der Waals surface area contributed by atoms with Gasteiger partial charge in [0.1, 0.15) is 29.4 Å². The number of fused-ring (bicyclic) bond motifs is 1. The smallest absolute Gasteiger partial charge is 0.407 e. The minimum absolute atomic E-state index is 0.0760. The van der Waals surface area contributed by atoms with Crippen molar-refractivity contribution in [2.24, 2.45) is 0 Å². The Morgan fingerprint density at radius 2 is 1.91 bits per heavy atom. The van der Waals surface area contributed by atoms with E-state index in [1.54, 1.807) is 24.5 Å². The topological polar surface area (TPSA) is 82.8 Å². The number of alkyl carbamates (subject to hydrolysis) is 1. The standard InChI is InChI=1S/C23H19F3N4O2/c24-14-3-1-12(2-4-14)21-20(17-9-15(25)10-18(26)22(17)30-21)13-7-16(8-13)32-23(31)29-11-19-27-5-6-28-19/h1-6,9-10,13,16,30H,7-8,11H2,(H,27,28)(H,29,31). The van der Waals surface area contributed by atoms with E-state index in [-0.39, 0.29) is 29.9 Å². The summed E-state index contributed by atoms with van der Waals surface area (Å²) in [6.07, 6.45) is 3.39. The summed E-state index contributed by atoms with van der Waals surface area (Å²) >= 11 is 0. The first-order chi connectivity index (χ1) is 15.5. The van der Waals surface area contributed by atoms with Crippen LogP contribution in [0, 0.1) is 17.5 Å². The van der Waals surface area contributed by atoms with Crippen LogP contribution in [0.5, 0.6) is 0 Å². The lowest BCUT2D eigenvalue weighted by Crippen LogP contribution is -2.36. The van der Waals surface area contributed by atoms with Gasteiger partial charge in [-0.05, 0) is 60.2 Å². The van der Waals surface area contributed by atoms with Gasteiger partial charge in [-0.15, -0.1) is 0 Å². The molecule has 2 heterocycles. The number of carbonyl (C=O) groups excluding carboxylic acids is 1. The van der Waals surface area contributed by atoms with Crippen LogP contribution in [-0.4, -0.2) is 27.1 Å². The molecule has 1 fully saturated rings. The Morgan fingerprint density at radius 1 is 1.12 bits per heavy atom. The Kier molecular flexibility index (Phi) is 5.08. The van der Waals surface area contributed by atoms with E-state index in [4.69, 9.17) is 4.74 Å². The highest BCUT2D eigenvalue weighted by molar-refractivity contribution is 5.92. The van der Waals surface area contributed by atoms with Crippen molar-refractivity contribution in [3.8, 4) is 11.3 Å². The van der Waals surface area contributed by atoms with Gasteiger partial charge in [0, 0.05) is 23.8 Å². The van der Waals surface area contributed by atoms with Crippen LogP contribution in [0.1, 0.15) is 30.1 Å². The minimum Gasteiger partial charge on any atom is -0.446 e. The van der Waals surface area contributed by atoms with Crippen LogP contribution in [0.2, 0.25) is 0 Å².